The molecule has 15 nitrogen and oxygen atoms in total. The zero-order valence-electron chi connectivity index (χ0n) is 20.1. The summed E-state index contributed by atoms with van der Waals surface area (Å²) in [5.74, 6) is 0. The predicted octanol–water partition coefficient (Wildman–Crippen LogP) is -5.51. The number of aliphatic hydroxyl groups is 9. The number of unbranched alkanes of at least 4 members (excludes halogenated alkanes) is 1. The van der Waals surface area contributed by atoms with E-state index >= 15 is 0 Å². The highest BCUT2D eigenvalue weighted by Crippen LogP contribution is 2.30. The summed E-state index contributed by atoms with van der Waals surface area (Å²) in [6.45, 7) is 0.492. The predicted molar refractivity (Wildman–Crippen MR) is 118 cm³/mol. The first-order valence-electron chi connectivity index (χ1n) is 11.9. The van der Waals surface area contributed by atoms with Gasteiger partial charge in [-0.25, -0.2) is 0 Å². The molecular weight excluding hydrogens is 490 g/mol. The van der Waals surface area contributed by atoms with E-state index in [4.69, 9.17) is 29.4 Å². The molecule has 13 atom stereocenters. The molecule has 0 bridgehead atoms. The highest BCUT2D eigenvalue weighted by Gasteiger charge is 2.50. The Morgan fingerprint density at radius 2 is 1.56 bits per heavy atom. The average molecular weight is 532 g/mol. The summed E-state index contributed by atoms with van der Waals surface area (Å²) in [5, 5.41) is 91.0. The minimum atomic E-state index is -1.79. The Morgan fingerprint density at radius 3 is 2.17 bits per heavy atom. The molecule has 11 N–H and O–H groups in total. The number of nitrogens with two attached hydrogens (primary N) is 1. The Balaban J connectivity index is 2.03. The fourth-order valence-corrected chi connectivity index (χ4v) is 3.91. The molecule has 0 spiro atoms. The number of hydrogen-bond donors (Lipinski definition) is 10. The lowest BCUT2D eigenvalue weighted by atomic mass is 9.97. The molecule has 15 heteroatoms. The smallest absolute Gasteiger partial charge is 0.187 e. The molecule has 2 aliphatic heterocycles. The highest BCUT2D eigenvalue weighted by atomic mass is 16.7. The van der Waals surface area contributed by atoms with Crippen LogP contribution < -0.4 is 5.73 Å². The van der Waals surface area contributed by atoms with E-state index in [0.717, 1.165) is 6.42 Å². The molecule has 2 fully saturated rings. The SMILES string of the molecule is C[C@@H]1O[C@@H](O[C@H](CO)[C@@H](O)[C@@H](O)COCCCCN)[C@H](O)[C@H](O[C@H]2O[C@H](CO)[C@@H](O)[C@H](O)[C@H]2O)[C@H]1O. The molecular formula is C21H41NO14. The van der Waals surface area contributed by atoms with Crippen LogP contribution >= 0.6 is 0 Å². The van der Waals surface area contributed by atoms with E-state index < -0.39 is 92.9 Å². The van der Waals surface area contributed by atoms with Gasteiger partial charge in [-0.05, 0) is 26.3 Å². The van der Waals surface area contributed by atoms with Crippen molar-refractivity contribution in [3.05, 3.63) is 0 Å². The van der Waals surface area contributed by atoms with Crippen molar-refractivity contribution in [2.75, 3.05) is 33.0 Å². The molecule has 0 aromatic heterocycles. The molecule has 214 valence electrons. The van der Waals surface area contributed by atoms with Crippen molar-refractivity contribution in [3.8, 4) is 0 Å². The normalized spacial score (nSPS) is 40.1. The summed E-state index contributed by atoms with van der Waals surface area (Å²) in [6.07, 6.45) is -18.5. The van der Waals surface area contributed by atoms with E-state index in [-0.39, 0.29) is 6.61 Å². The first-order valence-corrected chi connectivity index (χ1v) is 11.9. The molecule has 2 heterocycles. The van der Waals surface area contributed by atoms with Gasteiger partial charge in [0.05, 0.1) is 25.9 Å². The van der Waals surface area contributed by atoms with E-state index in [9.17, 15) is 46.0 Å². The van der Waals surface area contributed by atoms with Gasteiger partial charge in [-0.3, -0.25) is 0 Å². The summed E-state index contributed by atoms with van der Waals surface area (Å²) in [4.78, 5) is 0. The number of ether oxygens (including phenoxy) is 5. The van der Waals surface area contributed by atoms with Crippen LogP contribution in [-0.4, -0.2) is 159 Å². The minimum Gasteiger partial charge on any atom is -0.394 e. The monoisotopic (exact) mass is 531 g/mol. The van der Waals surface area contributed by atoms with E-state index in [1.54, 1.807) is 0 Å². The molecule has 0 aromatic rings. The Bertz CT molecular complexity index is 617. The first-order chi connectivity index (χ1) is 17.1. The first kappa shape index (κ1) is 31.6. The second-order valence-corrected chi connectivity index (χ2v) is 8.97. The molecule has 2 aliphatic rings. The van der Waals surface area contributed by atoms with Crippen LogP contribution in [0.5, 0.6) is 0 Å². The van der Waals surface area contributed by atoms with E-state index in [1.165, 1.54) is 6.92 Å². The molecule has 2 saturated heterocycles. The van der Waals surface area contributed by atoms with Crippen LogP contribution in [-0.2, 0) is 23.7 Å². The van der Waals surface area contributed by atoms with Crippen LogP contribution in [0.4, 0.5) is 0 Å². The van der Waals surface area contributed by atoms with Crippen molar-refractivity contribution in [1.29, 1.82) is 0 Å². The van der Waals surface area contributed by atoms with Crippen molar-refractivity contribution in [2.24, 2.45) is 5.73 Å². The van der Waals surface area contributed by atoms with Crippen molar-refractivity contribution >= 4 is 0 Å². The Kier molecular flexibility index (Phi) is 13.3. The summed E-state index contributed by atoms with van der Waals surface area (Å²) in [6, 6.07) is 0. The van der Waals surface area contributed by atoms with E-state index in [1.807, 2.05) is 0 Å². The van der Waals surface area contributed by atoms with Gasteiger partial charge in [0.1, 0.15) is 61.0 Å². The lowest BCUT2D eigenvalue weighted by molar-refractivity contribution is -0.363. The molecule has 0 unspecified atom stereocenters. The lowest BCUT2D eigenvalue weighted by Crippen LogP contribution is -2.64. The Morgan fingerprint density at radius 1 is 0.861 bits per heavy atom. The van der Waals surface area contributed by atoms with Gasteiger partial charge in [0.2, 0.25) is 0 Å². The van der Waals surface area contributed by atoms with Crippen LogP contribution in [0.2, 0.25) is 0 Å². The van der Waals surface area contributed by atoms with Crippen LogP contribution in [0.25, 0.3) is 0 Å². The molecule has 0 saturated carbocycles. The molecule has 0 amide bonds. The van der Waals surface area contributed by atoms with Crippen LogP contribution in [0.15, 0.2) is 0 Å². The van der Waals surface area contributed by atoms with Crippen molar-refractivity contribution in [3.63, 3.8) is 0 Å². The van der Waals surface area contributed by atoms with Gasteiger partial charge in [0.15, 0.2) is 12.6 Å². The maximum Gasteiger partial charge on any atom is 0.187 e. The third kappa shape index (κ3) is 7.95. The fourth-order valence-electron chi connectivity index (χ4n) is 3.91. The largest absolute Gasteiger partial charge is 0.394 e. The maximum atomic E-state index is 10.8. The van der Waals surface area contributed by atoms with E-state index in [2.05, 4.69) is 0 Å². The third-order valence-electron chi connectivity index (χ3n) is 6.22. The second-order valence-electron chi connectivity index (χ2n) is 8.97. The quantitative estimate of drug-likeness (QED) is 0.0938. The minimum absolute atomic E-state index is 0.252. The molecule has 36 heavy (non-hydrogen) atoms. The fraction of sp³-hybridized carbons (Fsp3) is 1.00. The molecule has 0 aliphatic carbocycles. The number of aliphatic hydroxyl groups excluding tert-OH is 9. The summed E-state index contributed by atoms with van der Waals surface area (Å²) in [7, 11) is 0. The van der Waals surface area contributed by atoms with Crippen LogP contribution in [0.1, 0.15) is 19.8 Å². The average Bonchev–Trinajstić information content (AvgIpc) is 2.87. The molecule has 2 rings (SSSR count). The van der Waals surface area contributed by atoms with Gasteiger partial charge in [0.25, 0.3) is 0 Å². The summed E-state index contributed by atoms with van der Waals surface area (Å²) < 4.78 is 27.0. The lowest BCUT2D eigenvalue weighted by Gasteiger charge is -2.46. The zero-order chi connectivity index (χ0) is 27.0. The Labute approximate surface area is 208 Å². The van der Waals surface area contributed by atoms with Crippen LogP contribution in [0.3, 0.4) is 0 Å². The van der Waals surface area contributed by atoms with E-state index in [0.29, 0.717) is 19.6 Å². The van der Waals surface area contributed by atoms with Crippen molar-refractivity contribution in [1.82, 2.24) is 0 Å². The molecule has 0 radical (unpaired) electrons. The number of rotatable bonds is 14. The van der Waals surface area contributed by atoms with Gasteiger partial charge >= 0.3 is 0 Å². The topological polar surface area (TPSA) is 254 Å². The van der Waals surface area contributed by atoms with Gasteiger partial charge in [-0.1, -0.05) is 0 Å². The molecule has 0 aromatic carbocycles. The number of hydrogen-bond acceptors (Lipinski definition) is 15. The van der Waals surface area contributed by atoms with Crippen molar-refractivity contribution < 1.29 is 69.6 Å². The Hall–Kier alpha value is -0.600. The van der Waals surface area contributed by atoms with Gasteiger partial charge < -0.3 is 75.4 Å². The second kappa shape index (κ2) is 15.1. The summed E-state index contributed by atoms with van der Waals surface area (Å²) in [5.41, 5.74) is 5.39. The van der Waals surface area contributed by atoms with Gasteiger partial charge in [0, 0.05) is 6.61 Å². The summed E-state index contributed by atoms with van der Waals surface area (Å²) >= 11 is 0. The highest BCUT2D eigenvalue weighted by molar-refractivity contribution is 4.93. The van der Waals surface area contributed by atoms with Gasteiger partial charge in [-0.15, -0.1) is 0 Å². The van der Waals surface area contributed by atoms with Crippen molar-refractivity contribution in [2.45, 2.75) is 99.5 Å². The zero-order valence-corrected chi connectivity index (χ0v) is 20.1. The maximum absolute atomic E-state index is 10.8. The van der Waals surface area contributed by atoms with Gasteiger partial charge in [-0.2, -0.15) is 0 Å². The third-order valence-corrected chi connectivity index (χ3v) is 6.22. The standard InChI is InChI=1S/C21H41NO14/c1-9-13(26)19(36-20-17(30)16(29)15(28)12(7-24)35-20)18(31)21(33-9)34-11(6-23)14(27)10(25)8-32-5-3-2-4-22/h9-21,23-31H,2-8,22H2,1H3/t9-,10-,11+,12+,13-,14-,15+,16-,17+,18+,19+,20+,21-/m0/s1. The van der Waals surface area contributed by atoms with Crippen LogP contribution in [0, 0.1) is 0 Å².